The molecule has 9 nitrogen and oxygen atoms in total. The Morgan fingerprint density at radius 2 is 1.94 bits per heavy atom. The summed E-state index contributed by atoms with van der Waals surface area (Å²) >= 11 is 0. The summed E-state index contributed by atoms with van der Waals surface area (Å²) in [6.45, 7) is 0.274. The summed E-state index contributed by atoms with van der Waals surface area (Å²) in [5, 5.41) is 15.2. The minimum absolute atomic E-state index is 0.0769. The van der Waals surface area contributed by atoms with E-state index in [0.717, 1.165) is 24.2 Å². The number of aliphatic hydroxyl groups excluding tert-OH is 1. The molecule has 0 aromatic carbocycles. The van der Waals surface area contributed by atoms with E-state index in [1.54, 1.807) is 0 Å². The molecule has 2 heterocycles. The van der Waals surface area contributed by atoms with Gasteiger partial charge < -0.3 is 26.8 Å². The summed E-state index contributed by atoms with van der Waals surface area (Å²) in [5.74, 6) is -5.26. The summed E-state index contributed by atoms with van der Waals surface area (Å²) < 4.78 is 28.2. The molecule has 3 aliphatic rings. The third-order valence-electron chi connectivity index (χ3n) is 6.82. The maximum Gasteiger partial charge on any atom is 0.252 e. The lowest BCUT2D eigenvalue weighted by atomic mass is 9.80. The molecule has 3 amide bonds. The van der Waals surface area contributed by atoms with Crippen molar-refractivity contribution in [2.45, 2.75) is 81.6 Å². The highest BCUT2D eigenvalue weighted by molar-refractivity contribution is 5.93. The zero-order valence-electron chi connectivity index (χ0n) is 17.6. The van der Waals surface area contributed by atoms with Crippen LogP contribution in [0.4, 0.5) is 8.78 Å². The van der Waals surface area contributed by atoms with E-state index in [1.165, 1.54) is 0 Å². The number of nitrogens with one attached hydrogen (secondary N) is 2. The van der Waals surface area contributed by atoms with Gasteiger partial charge in [0.1, 0.15) is 18.3 Å². The number of piperidine rings is 1. The number of likely N-dealkylation sites (tertiary alicyclic amines) is 1. The number of hydrogen-bond donors (Lipinski definition) is 5. The fourth-order valence-corrected chi connectivity index (χ4v) is 4.64. The summed E-state index contributed by atoms with van der Waals surface area (Å²) in [5.41, 5.74) is 11.4. The smallest absolute Gasteiger partial charge is 0.252 e. The first-order valence-electron chi connectivity index (χ1n) is 11.0. The molecule has 5 atom stereocenters. The van der Waals surface area contributed by atoms with E-state index in [4.69, 9.17) is 11.5 Å². The topological polar surface area (TPSA) is 151 Å². The number of carbonyl (C=O) groups excluding carboxylic acids is 3. The van der Waals surface area contributed by atoms with Crippen LogP contribution >= 0.6 is 0 Å². The van der Waals surface area contributed by atoms with Gasteiger partial charge in [0.2, 0.25) is 17.7 Å². The second kappa shape index (κ2) is 9.74. The molecule has 31 heavy (non-hydrogen) atoms. The van der Waals surface area contributed by atoms with E-state index in [0.29, 0.717) is 25.3 Å². The van der Waals surface area contributed by atoms with Gasteiger partial charge in [-0.3, -0.25) is 19.7 Å². The molecule has 7 N–H and O–H groups in total. The zero-order valence-corrected chi connectivity index (χ0v) is 17.6. The van der Waals surface area contributed by atoms with E-state index < -0.39 is 60.8 Å². The molecule has 0 aromatic rings. The van der Waals surface area contributed by atoms with Crippen LogP contribution in [0.25, 0.3) is 0 Å². The van der Waals surface area contributed by atoms with Crippen LogP contribution in [0.15, 0.2) is 0 Å². The maximum atomic E-state index is 14.1. The number of rotatable bonds is 8. The first-order valence-corrected chi connectivity index (χ1v) is 11.0. The number of hydrogen-bond acceptors (Lipinski definition) is 6. The number of primary amides is 1. The molecule has 11 heteroatoms. The molecule has 2 saturated heterocycles. The number of alkyl halides is 2. The molecular weight excluding hydrogens is 412 g/mol. The first-order chi connectivity index (χ1) is 14.6. The fourth-order valence-electron chi connectivity index (χ4n) is 4.64. The molecule has 0 spiro atoms. The van der Waals surface area contributed by atoms with Gasteiger partial charge in [0.05, 0.1) is 6.04 Å². The van der Waals surface area contributed by atoms with E-state index in [2.05, 4.69) is 10.6 Å². The molecule has 0 aromatic heterocycles. The second-order valence-electron chi connectivity index (χ2n) is 9.14. The van der Waals surface area contributed by atoms with Crippen LogP contribution in [0.1, 0.15) is 51.4 Å². The van der Waals surface area contributed by atoms with Gasteiger partial charge in [-0.1, -0.05) is 19.3 Å². The predicted octanol–water partition coefficient (Wildman–Crippen LogP) is -0.582. The second-order valence-corrected chi connectivity index (χ2v) is 9.14. The van der Waals surface area contributed by atoms with Gasteiger partial charge in [0.15, 0.2) is 0 Å². The predicted molar refractivity (Wildman–Crippen MR) is 107 cm³/mol. The van der Waals surface area contributed by atoms with Crippen LogP contribution in [0, 0.1) is 11.8 Å². The van der Waals surface area contributed by atoms with Crippen molar-refractivity contribution in [1.29, 1.82) is 0 Å². The Morgan fingerprint density at radius 1 is 1.23 bits per heavy atom. The van der Waals surface area contributed by atoms with Crippen molar-refractivity contribution in [3.63, 3.8) is 0 Å². The number of nitrogens with zero attached hydrogens (tertiary/aromatic N) is 1. The molecular formula is C20H33F2N5O4. The van der Waals surface area contributed by atoms with Gasteiger partial charge in [-0.25, -0.2) is 8.78 Å². The Hall–Kier alpha value is -1.85. The monoisotopic (exact) mass is 445 g/mol. The van der Waals surface area contributed by atoms with Gasteiger partial charge in [-0.05, 0) is 31.7 Å². The molecule has 0 bridgehead atoms. The van der Waals surface area contributed by atoms with E-state index in [-0.39, 0.29) is 18.9 Å². The van der Waals surface area contributed by atoms with Crippen LogP contribution in [0.3, 0.4) is 0 Å². The van der Waals surface area contributed by atoms with Gasteiger partial charge in [0, 0.05) is 25.3 Å². The minimum Gasteiger partial charge on any atom is -0.378 e. The van der Waals surface area contributed by atoms with Crippen molar-refractivity contribution in [2.24, 2.45) is 23.3 Å². The van der Waals surface area contributed by atoms with E-state index in [1.807, 2.05) is 0 Å². The van der Waals surface area contributed by atoms with Crippen molar-refractivity contribution in [2.75, 3.05) is 13.1 Å². The SMILES string of the molecule is NC(=O)[C@H](C[C@@H]1CCNC1O)NC(=O)[C@@H]1CC(F)(F)CCN1C(=O)[C@@H](N)CC1CCC1. The Kier molecular flexibility index (Phi) is 7.48. The standard InChI is InChI=1S/C20H33F2N5O4/c21-20(22)5-7-27(19(31)13(23)8-11-2-1-3-11)15(10-20)18(30)26-14(16(24)28)9-12-4-6-25-17(12)29/h11-15,17,25,29H,1-10,23H2,(H2,24,28)(H,26,30)/t12-,13-,14-,15-,17?/m0/s1. The lowest BCUT2D eigenvalue weighted by Gasteiger charge is -2.40. The Labute approximate surface area is 180 Å². The van der Waals surface area contributed by atoms with Gasteiger partial charge in [-0.2, -0.15) is 0 Å². The molecule has 1 saturated carbocycles. The average Bonchev–Trinajstić information content (AvgIpc) is 3.07. The molecule has 1 aliphatic carbocycles. The quantitative estimate of drug-likeness (QED) is 0.337. The molecule has 3 fully saturated rings. The fraction of sp³-hybridized carbons (Fsp3) is 0.850. The molecule has 1 unspecified atom stereocenters. The summed E-state index contributed by atoms with van der Waals surface area (Å²) in [6.07, 6.45) is 1.99. The zero-order chi connectivity index (χ0) is 22.8. The van der Waals surface area contributed by atoms with Gasteiger partial charge >= 0.3 is 0 Å². The number of aliphatic hydroxyl groups is 1. The van der Waals surface area contributed by atoms with Gasteiger partial charge in [-0.15, -0.1) is 0 Å². The summed E-state index contributed by atoms with van der Waals surface area (Å²) in [4.78, 5) is 38.8. The van der Waals surface area contributed by atoms with Crippen molar-refractivity contribution in [1.82, 2.24) is 15.5 Å². The Balaban J connectivity index is 1.68. The van der Waals surface area contributed by atoms with Crippen molar-refractivity contribution >= 4 is 17.7 Å². The third-order valence-corrected chi connectivity index (χ3v) is 6.82. The lowest BCUT2D eigenvalue weighted by molar-refractivity contribution is -0.154. The van der Waals surface area contributed by atoms with Gasteiger partial charge in [0.25, 0.3) is 5.92 Å². The number of carbonyl (C=O) groups is 3. The van der Waals surface area contributed by atoms with Crippen molar-refractivity contribution in [3.05, 3.63) is 0 Å². The number of halogens is 2. The molecule has 176 valence electrons. The van der Waals surface area contributed by atoms with Crippen molar-refractivity contribution < 1.29 is 28.3 Å². The van der Waals surface area contributed by atoms with Crippen LogP contribution in [-0.4, -0.2) is 71.1 Å². The normalized spacial score (nSPS) is 30.3. The Morgan fingerprint density at radius 3 is 2.48 bits per heavy atom. The lowest BCUT2D eigenvalue weighted by Crippen LogP contribution is -2.61. The van der Waals surface area contributed by atoms with Crippen LogP contribution in [0.2, 0.25) is 0 Å². The summed E-state index contributed by atoms with van der Waals surface area (Å²) in [7, 11) is 0. The Bertz CT molecular complexity index is 690. The third kappa shape index (κ3) is 5.89. The highest BCUT2D eigenvalue weighted by Gasteiger charge is 2.47. The average molecular weight is 446 g/mol. The molecule has 3 rings (SSSR count). The maximum absolute atomic E-state index is 14.1. The number of nitrogens with two attached hydrogens (primary N) is 2. The molecule has 2 aliphatic heterocycles. The van der Waals surface area contributed by atoms with Crippen LogP contribution in [0.5, 0.6) is 0 Å². The highest BCUT2D eigenvalue weighted by atomic mass is 19.3. The number of amides is 3. The van der Waals surface area contributed by atoms with E-state index in [9.17, 15) is 28.3 Å². The van der Waals surface area contributed by atoms with E-state index >= 15 is 0 Å². The summed E-state index contributed by atoms with van der Waals surface area (Å²) in [6, 6.07) is -3.42. The van der Waals surface area contributed by atoms with Crippen LogP contribution < -0.4 is 22.1 Å². The minimum atomic E-state index is -3.11. The first kappa shape index (κ1) is 23.8. The van der Waals surface area contributed by atoms with Crippen LogP contribution in [-0.2, 0) is 14.4 Å². The largest absolute Gasteiger partial charge is 0.378 e. The molecule has 0 radical (unpaired) electrons. The van der Waals surface area contributed by atoms with Crippen molar-refractivity contribution in [3.8, 4) is 0 Å². The highest BCUT2D eigenvalue weighted by Crippen LogP contribution is 2.34.